The molecule has 3 heteroatoms. The van der Waals surface area contributed by atoms with Crippen molar-refractivity contribution in [3.63, 3.8) is 0 Å². The van der Waals surface area contributed by atoms with Crippen LogP contribution in [0.1, 0.15) is 0 Å². The molecule has 3 nitrogen and oxygen atoms in total. The van der Waals surface area contributed by atoms with Gasteiger partial charge >= 0.3 is 0 Å². The van der Waals surface area contributed by atoms with E-state index in [1.807, 2.05) is 6.07 Å². The maximum absolute atomic E-state index is 8.63. The van der Waals surface area contributed by atoms with Gasteiger partial charge in [0.15, 0.2) is 0 Å². The number of ether oxygens (including phenoxy) is 2. The van der Waals surface area contributed by atoms with Gasteiger partial charge in [0.2, 0.25) is 0 Å². The van der Waals surface area contributed by atoms with Gasteiger partial charge in [-0.2, -0.15) is 0 Å². The van der Waals surface area contributed by atoms with Crippen LogP contribution < -0.4 is 0 Å². The Hall–Kier alpha value is -1.90. The van der Waals surface area contributed by atoms with E-state index in [0.717, 1.165) is 0 Å². The van der Waals surface area contributed by atoms with Gasteiger partial charge in [-0.25, -0.2) is 0 Å². The SMILES string of the molecule is C1=COC=CO1.Oc1ccccc1. The molecule has 1 aliphatic heterocycles. The monoisotopic (exact) mass is 178 g/mol. The second-order valence-electron chi connectivity index (χ2n) is 2.15. The van der Waals surface area contributed by atoms with Crippen LogP contribution in [0.3, 0.4) is 0 Å². The van der Waals surface area contributed by atoms with Gasteiger partial charge in [0.1, 0.15) is 30.8 Å². The van der Waals surface area contributed by atoms with E-state index in [-0.39, 0.29) is 0 Å². The van der Waals surface area contributed by atoms with Crippen LogP contribution in [-0.2, 0) is 9.47 Å². The Kier molecular flexibility index (Phi) is 4.04. The van der Waals surface area contributed by atoms with Crippen molar-refractivity contribution in [2.75, 3.05) is 0 Å². The number of phenols is 1. The molecule has 0 spiro atoms. The highest BCUT2D eigenvalue weighted by Crippen LogP contribution is 2.02. The van der Waals surface area contributed by atoms with E-state index in [0.29, 0.717) is 5.75 Å². The summed E-state index contributed by atoms with van der Waals surface area (Å²) in [5, 5.41) is 8.63. The summed E-state index contributed by atoms with van der Waals surface area (Å²) in [7, 11) is 0. The lowest BCUT2D eigenvalue weighted by molar-refractivity contribution is 0.290. The third kappa shape index (κ3) is 4.53. The van der Waals surface area contributed by atoms with Gasteiger partial charge in [0, 0.05) is 0 Å². The summed E-state index contributed by atoms with van der Waals surface area (Å²) in [6, 6.07) is 8.71. The number of benzene rings is 1. The summed E-state index contributed by atoms with van der Waals surface area (Å²) in [4.78, 5) is 0. The highest BCUT2D eigenvalue weighted by atomic mass is 16.5. The number of rotatable bonds is 0. The zero-order valence-corrected chi connectivity index (χ0v) is 6.96. The molecule has 0 unspecified atom stereocenters. The van der Waals surface area contributed by atoms with Crippen LogP contribution in [0.25, 0.3) is 0 Å². The minimum Gasteiger partial charge on any atom is -0.508 e. The molecule has 0 saturated heterocycles. The molecule has 0 aromatic heterocycles. The molecule has 2 rings (SSSR count). The maximum Gasteiger partial charge on any atom is 0.125 e. The Morgan fingerprint density at radius 3 is 1.46 bits per heavy atom. The summed E-state index contributed by atoms with van der Waals surface area (Å²) in [5.74, 6) is 0.322. The van der Waals surface area contributed by atoms with Crippen molar-refractivity contribution in [3.05, 3.63) is 55.4 Å². The number of aromatic hydroxyl groups is 1. The molecule has 1 aromatic carbocycles. The minimum atomic E-state index is 0.322. The number of hydrogen-bond donors (Lipinski definition) is 1. The van der Waals surface area contributed by atoms with Crippen molar-refractivity contribution < 1.29 is 14.6 Å². The molecule has 0 radical (unpaired) electrons. The van der Waals surface area contributed by atoms with Crippen LogP contribution in [-0.4, -0.2) is 5.11 Å². The fraction of sp³-hybridized carbons (Fsp3) is 0. The normalized spacial score (nSPS) is 12.0. The van der Waals surface area contributed by atoms with Crippen LogP contribution in [0.2, 0.25) is 0 Å². The minimum absolute atomic E-state index is 0.322. The van der Waals surface area contributed by atoms with Crippen molar-refractivity contribution in [2.45, 2.75) is 0 Å². The smallest absolute Gasteiger partial charge is 0.125 e. The maximum atomic E-state index is 8.63. The van der Waals surface area contributed by atoms with Crippen LogP contribution in [0.15, 0.2) is 55.4 Å². The van der Waals surface area contributed by atoms with Crippen molar-refractivity contribution >= 4 is 0 Å². The number of para-hydroxylation sites is 1. The Morgan fingerprint density at radius 2 is 1.23 bits per heavy atom. The molecule has 0 saturated carbocycles. The van der Waals surface area contributed by atoms with Crippen molar-refractivity contribution in [1.29, 1.82) is 0 Å². The predicted octanol–water partition coefficient (Wildman–Crippen LogP) is 2.37. The summed E-state index contributed by atoms with van der Waals surface area (Å²) in [6.07, 6.45) is 5.83. The molecular formula is C10H10O3. The molecule has 1 heterocycles. The topological polar surface area (TPSA) is 38.7 Å². The van der Waals surface area contributed by atoms with E-state index in [1.54, 1.807) is 24.3 Å². The van der Waals surface area contributed by atoms with E-state index in [4.69, 9.17) is 5.11 Å². The molecule has 1 N–H and O–H groups in total. The molecule has 0 atom stereocenters. The number of phenolic OH excluding ortho intramolecular Hbond substituents is 1. The van der Waals surface area contributed by atoms with Gasteiger partial charge in [0.25, 0.3) is 0 Å². The summed E-state index contributed by atoms with van der Waals surface area (Å²) in [5.41, 5.74) is 0. The largest absolute Gasteiger partial charge is 0.508 e. The third-order valence-electron chi connectivity index (χ3n) is 1.18. The van der Waals surface area contributed by atoms with Gasteiger partial charge < -0.3 is 14.6 Å². The Labute approximate surface area is 76.5 Å². The van der Waals surface area contributed by atoms with E-state index in [9.17, 15) is 0 Å². The van der Waals surface area contributed by atoms with Gasteiger partial charge in [-0.05, 0) is 12.1 Å². The van der Waals surface area contributed by atoms with E-state index in [1.165, 1.54) is 25.0 Å². The average molecular weight is 178 g/mol. The lowest BCUT2D eigenvalue weighted by Gasteiger charge is -1.94. The fourth-order valence-corrected chi connectivity index (χ4v) is 0.647. The van der Waals surface area contributed by atoms with Crippen LogP contribution in [0, 0.1) is 0 Å². The van der Waals surface area contributed by atoms with Crippen LogP contribution >= 0.6 is 0 Å². The van der Waals surface area contributed by atoms with Gasteiger partial charge in [0.05, 0.1) is 0 Å². The fourth-order valence-electron chi connectivity index (χ4n) is 0.647. The van der Waals surface area contributed by atoms with Crippen LogP contribution in [0.5, 0.6) is 5.75 Å². The second kappa shape index (κ2) is 5.71. The molecule has 1 aliphatic rings. The van der Waals surface area contributed by atoms with E-state index >= 15 is 0 Å². The lowest BCUT2D eigenvalue weighted by atomic mass is 10.3. The Balaban J connectivity index is 0.000000132. The third-order valence-corrected chi connectivity index (χ3v) is 1.18. The molecule has 68 valence electrons. The summed E-state index contributed by atoms with van der Waals surface area (Å²) >= 11 is 0. The Morgan fingerprint density at radius 1 is 0.769 bits per heavy atom. The highest BCUT2D eigenvalue weighted by Gasteiger charge is 1.75. The first-order valence-electron chi connectivity index (χ1n) is 3.74. The Bertz CT molecular complexity index is 257. The zero-order chi connectivity index (χ0) is 9.36. The average Bonchev–Trinajstić information content (AvgIpc) is 2.22. The van der Waals surface area contributed by atoms with E-state index < -0.39 is 0 Å². The summed E-state index contributed by atoms with van der Waals surface area (Å²) < 4.78 is 9.17. The van der Waals surface area contributed by atoms with E-state index in [2.05, 4.69) is 9.47 Å². The molecule has 0 aliphatic carbocycles. The lowest BCUT2D eigenvalue weighted by Crippen LogP contribution is -1.74. The molecule has 1 aromatic rings. The van der Waals surface area contributed by atoms with Crippen molar-refractivity contribution in [2.24, 2.45) is 0 Å². The van der Waals surface area contributed by atoms with Gasteiger partial charge in [-0.1, -0.05) is 18.2 Å². The second-order valence-corrected chi connectivity index (χ2v) is 2.15. The summed E-state index contributed by atoms with van der Waals surface area (Å²) in [6.45, 7) is 0. The highest BCUT2D eigenvalue weighted by molar-refractivity contribution is 5.18. The standard InChI is InChI=1S/C6H6O.C4H4O2/c7-6-4-2-1-3-5-6;1-2-6-4-3-5-1/h1-5,7H;1-4H. The first-order chi connectivity index (χ1) is 6.39. The quantitative estimate of drug-likeness (QED) is 0.662. The van der Waals surface area contributed by atoms with Gasteiger partial charge in [-0.3, -0.25) is 0 Å². The molecule has 0 fully saturated rings. The zero-order valence-electron chi connectivity index (χ0n) is 6.96. The van der Waals surface area contributed by atoms with Crippen molar-refractivity contribution in [3.8, 4) is 5.75 Å². The number of hydrogen-bond acceptors (Lipinski definition) is 3. The molecule has 13 heavy (non-hydrogen) atoms. The van der Waals surface area contributed by atoms with Gasteiger partial charge in [-0.15, -0.1) is 0 Å². The van der Waals surface area contributed by atoms with Crippen molar-refractivity contribution in [1.82, 2.24) is 0 Å². The van der Waals surface area contributed by atoms with Crippen LogP contribution in [0.4, 0.5) is 0 Å². The first kappa shape index (κ1) is 9.19. The first-order valence-corrected chi connectivity index (χ1v) is 3.74. The molecule has 0 bridgehead atoms. The molecular weight excluding hydrogens is 168 g/mol. The molecule has 0 amide bonds. The predicted molar refractivity (Wildman–Crippen MR) is 48.6 cm³/mol.